The van der Waals surface area contributed by atoms with Gasteiger partial charge in [-0.05, 0) is 0 Å². The van der Waals surface area contributed by atoms with E-state index in [-0.39, 0.29) is 5.59 Å². The quantitative estimate of drug-likeness (QED) is 0.406. The summed E-state index contributed by atoms with van der Waals surface area (Å²) in [5.74, 6) is 0. The van der Waals surface area contributed by atoms with Gasteiger partial charge < -0.3 is 0 Å². The van der Waals surface area contributed by atoms with Crippen LogP contribution in [0.4, 0.5) is 0 Å². The summed E-state index contributed by atoms with van der Waals surface area (Å²) in [6.07, 6.45) is 0. The maximum atomic E-state index is 4.90. The number of hydrogen-bond donors (Lipinski definition) is 0. The smallest absolute Gasteiger partial charge is 0.0633 e. The van der Waals surface area contributed by atoms with Gasteiger partial charge in [0.25, 0.3) is 5.59 Å². The zero-order chi connectivity index (χ0) is 4.57. The van der Waals surface area contributed by atoms with Crippen LogP contribution in [0.3, 0.4) is 0 Å². The lowest BCUT2D eigenvalue weighted by atomic mass is 11.9. The van der Waals surface area contributed by atoms with Crippen molar-refractivity contribution < 1.29 is 0 Å². The first-order valence-electron chi connectivity index (χ1n) is 1.25. The van der Waals surface area contributed by atoms with Crippen LogP contribution in [-0.2, 0) is 11.8 Å². The normalized spacial score (nSPS) is 30.7. The third-order valence-electron chi connectivity index (χ3n) is 0.348. The van der Waals surface area contributed by atoms with Crippen LogP contribution in [0.5, 0.6) is 0 Å². The Morgan fingerprint density at radius 3 is 2.33 bits per heavy atom. The molecule has 1 rings (SSSR count). The van der Waals surface area contributed by atoms with Crippen molar-refractivity contribution in [2.45, 2.75) is 0 Å². The molecule has 1 heterocycles. The fourth-order valence-electron chi connectivity index (χ4n) is 0.154. The third-order valence-corrected chi connectivity index (χ3v) is 9.41. The lowest BCUT2D eigenvalue weighted by molar-refractivity contribution is 4.05. The van der Waals surface area contributed by atoms with Crippen molar-refractivity contribution in [3.63, 3.8) is 0 Å². The van der Waals surface area contributed by atoms with E-state index >= 15 is 0 Å². The maximum absolute atomic E-state index is 4.90. The summed E-state index contributed by atoms with van der Waals surface area (Å²) in [7, 11) is 0.843. The molecule has 6 heavy (non-hydrogen) atoms. The molecule has 0 spiro atoms. The molecule has 0 amide bonds. The minimum Gasteiger partial charge on any atom is -0.0633 e. The van der Waals surface area contributed by atoms with Crippen molar-refractivity contribution in [3.8, 4) is 0 Å². The molecule has 0 aliphatic carbocycles. The van der Waals surface area contributed by atoms with Crippen LogP contribution in [0.2, 0.25) is 0 Å². The highest BCUT2D eigenvalue weighted by molar-refractivity contribution is 9.00. The van der Waals surface area contributed by atoms with E-state index in [0.29, 0.717) is 0 Å². The van der Waals surface area contributed by atoms with Crippen molar-refractivity contribution >= 4 is 53.2 Å². The Morgan fingerprint density at radius 2 is 2.33 bits per heavy atom. The molecular weight excluding hydrogens is 170 g/mol. The molecule has 0 radical (unpaired) electrons. The van der Waals surface area contributed by atoms with Crippen LogP contribution in [0.1, 0.15) is 0 Å². The monoisotopic (exact) mass is 171 g/mol. The highest BCUT2D eigenvalue weighted by Crippen LogP contribution is 2.70. The predicted octanol–water partition coefficient (Wildman–Crippen LogP) is 2.47. The van der Waals surface area contributed by atoms with Crippen molar-refractivity contribution in [1.29, 1.82) is 0 Å². The average Bonchev–Trinajstić information content (AvgIpc) is 1.33. The summed E-state index contributed by atoms with van der Waals surface area (Å²) >= 11 is 11.4. The first-order chi connectivity index (χ1) is 2.79. The van der Waals surface area contributed by atoms with E-state index in [4.69, 9.17) is 24.0 Å². The van der Waals surface area contributed by atoms with Gasteiger partial charge in [-0.1, -0.05) is 12.2 Å². The van der Waals surface area contributed by atoms with Gasteiger partial charge in [0.05, 0.1) is 0 Å². The topological polar surface area (TPSA) is 0 Å². The van der Waals surface area contributed by atoms with E-state index < -0.39 is 0 Å². The van der Waals surface area contributed by atoms with Gasteiger partial charge in [-0.25, -0.2) is 0 Å². The summed E-state index contributed by atoms with van der Waals surface area (Å²) < 4.78 is 1.14. The zero-order valence-electron chi connectivity index (χ0n) is 2.67. The molecule has 0 aromatic rings. The molecule has 0 nitrogen and oxygen atoms in total. The predicted molar refractivity (Wildman–Crippen MR) is 42.8 cm³/mol. The van der Waals surface area contributed by atoms with E-state index in [2.05, 4.69) is 0 Å². The molecule has 0 aromatic carbocycles. The van der Waals surface area contributed by atoms with Crippen molar-refractivity contribution in [3.05, 3.63) is 0 Å². The summed E-state index contributed by atoms with van der Waals surface area (Å²) in [4.78, 5) is 0. The molecule has 2 unspecified atom stereocenters. The molecule has 1 aliphatic rings. The fourth-order valence-corrected chi connectivity index (χ4v) is 10.0. The Hall–Kier alpha value is 1.39. The molecule has 0 bridgehead atoms. The highest BCUT2D eigenvalue weighted by atomic mass is 33.1. The van der Waals surface area contributed by atoms with Crippen LogP contribution in [0, 0.1) is 0 Å². The Kier molecular flexibility index (Phi) is 1.94. The second-order valence-electron chi connectivity index (χ2n) is 0.748. The van der Waals surface area contributed by atoms with Crippen LogP contribution in [0.25, 0.3) is 0 Å². The average molecular weight is 171 g/mol. The molecule has 1 aliphatic heterocycles. The van der Waals surface area contributed by atoms with E-state index in [1.54, 1.807) is 11.4 Å². The van der Waals surface area contributed by atoms with Crippen molar-refractivity contribution in [1.82, 2.24) is 0 Å². The first-order valence-corrected chi connectivity index (χ1v) is 7.27. The Labute approximate surface area is 53.3 Å². The Morgan fingerprint density at radius 1 is 1.83 bits per heavy atom. The maximum Gasteiger partial charge on any atom is 0.272 e. The summed E-state index contributed by atoms with van der Waals surface area (Å²) in [6, 6.07) is 0. The number of rotatable bonds is 0. The minimum absolute atomic E-state index is 0.0705. The highest BCUT2D eigenvalue weighted by Gasteiger charge is 2.31. The van der Waals surface area contributed by atoms with Gasteiger partial charge in [0, 0.05) is 0 Å². The zero-order valence-corrected chi connectivity index (χ0v) is 7.02. The van der Waals surface area contributed by atoms with Crippen LogP contribution in [-0.4, -0.2) is 3.94 Å². The van der Waals surface area contributed by atoms with Crippen LogP contribution < -0.4 is 0 Å². The van der Waals surface area contributed by atoms with Crippen LogP contribution in [0.15, 0.2) is 0 Å². The minimum atomic E-state index is -0.0705. The van der Waals surface area contributed by atoms with E-state index in [0.717, 1.165) is 12.2 Å². The van der Waals surface area contributed by atoms with Gasteiger partial charge in [0.1, 0.15) is 11.4 Å². The lowest BCUT2D eigenvalue weighted by Gasteiger charge is -1.94. The molecule has 0 aromatic heterocycles. The number of hydrogen-bond acceptors (Lipinski definition) is 3. The molecule has 1 fully saturated rings. The van der Waals surface area contributed by atoms with Gasteiger partial charge >= 0.3 is 0 Å². The van der Waals surface area contributed by atoms with E-state index in [1.807, 2.05) is 0 Å². The van der Waals surface area contributed by atoms with Gasteiger partial charge in [0.15, 0.2) is 24.0 Å². The van der Waals surface area contributed by atoms with Crippen LogP contribution >= 0.6 is 37.5 Å². The second kappa shape index (κ2) is 2.11. The summed E-state index contributed by atoms with van der Waals surface area (Å²) in [6.45, 7) is 0. The first kappa shape index (κ1) is 5.53. The SMILES string of the molecule is S=C1P[P+](=S)S1. The third kappa shape index (κ3) is 1.18. The van der Waals surface area contributed by atoms with Gasteiger partial charge in [-0.3, -0.25) is 0 Å². The van der Waals surface area contributed by atoms with Gasteiger partial charge in [-0.2, -0.15) is 0 Å². The molecule has 1 saturated heterocycles. The van der Waals surface area contributed by atoms with Crippen molar-refractivity contribution in [2.24, 2.45) is 0 Å². The van der Waals surface area contributed by atoms with Gasteiger partial charge in [0.2, 0.25) is 0 Å². The van der Waals surface area contributed by atoms with Gasteiger partial charge in [-0.15, -0.1) is 0 Å². The Bertz CT molecular complexity index is 85.4. The lowest BCUT2D eigenvalue weighted by Crippen LogP contribution is -1.73. The van der Waals surface area contributed by atoms with E-state index in [9.17, 15) is 0 Å². The Balaban J connectivity index is 2.47. The molecule has 2 atom stereocenters. The molecular formula is CHP2S3+. The molecule has 5 heteroatoms. The standard InChI is InChI=1S/CHP2S3/c4-1-2-3(5)6-1/h2H/q+1. The summed E-state index contributed by atoms with van der Waals surface area (Å²) in [5.41, 5.74) is -0.0705. The number of thiocarbonyl (C=S) groups is 1. The van der Waals surface area contributed by atoms with Crippen molar-refractivity contribution in [2.75, 3.05) is 0 Å². The molecule has 0 saturated carbocycles. The molecule has 32 valence electrons. The largest absolute Gasteiger partial charge is 0.272 e. The molecule has 0 N–H and O–H groups in total. The summed E-state index contributed by atoms with van der Waals surface area (Å²) in [5, 5.41) is 0. The fraction of sp³-hybridized carbons (Fsp3) is 0. The van der Waals surface area contributed by atoms with E-state index in [1.165, 1.54) is 0 Å². The second-order valence-corrected chi connectivity index (χ2v) is 11.4.